The monoisotopic (exact) mass is 1220 g/mol. The molecular weight excluding hydrogens is 1180 g/mol. The minimum atomic E-state index is -5.00. The van der Waals surface area contributed by atoms with Crippen LogP contribution in [0.3, 0.4) is 0 Å². The highest BCUT2D eigenvalue weighted by atomic mass is 19.4. The van der Waals surface area contributed by atoms with E-state index in [-0.39, 0.29) is 88.4 Å². The predicted octanol–water partition coefficient (Wildman–Crippen LogP) is 22.0. The van der Waals surface area contributed by atoms with Gasteiger partial charge in [0.05, 0.1) is 66.8 Å². The number of anilines is 6. The summed E-state index contributed by atoms with van der Waals surface area (Å²) < 4.78 is 180. The van der Waals surface area contributed by atoms with E-state index in [1.54, 1.807) is 48.5 Å². The van der Waals surface area contributed by atoms with Crippen LogP contribution in [0.5, 0.6) is 0 Å². The Kier molecular flexibility index (Phi) is 14.0. The summed E-state index contributed by atoms with van der Waals surface area (Å²) >= 11 is 0. The third-order valence-electron chi connectivity index (χ3n) is 15.8. The number of halogens is 12. The molecule has 2 heterocycles. The predicted molar refractivity (Wildman–Crippen MR) is 325 cm³/mol. The zero-order valence-corrected chi connectivity index (χ0v) is 46.3. The average molecular weight is 1220 g/mol. The van der Waals surface area contributed by atoms with E-state index in [2.05, 4.69) is 12.1 Å². The molecular formula is C72H40F12N6. The Morgan fingerprint density at radius 1 is 0.278 bits per heavy atom. The smallest absolute Gasteiger partial charge is 0.311 e. The molecule has 442 valence electrons. The van der Waals surface area contributed by atoms with Gasteiger partial charge < -0.3 is 18.9 Å². The Morgan fingerprint density at radius 3 is 0.711 bits per heavy atom. The molecule has 0 atom stereocenters. The van der Waals surface area contributed by atoms with Crippen LogP contribution in [0.1, 0.15) is 33.4 Å². The number of rotatable bonds is 10. The summed E-state index contributed by atoms with van der Waals surface area (Å²) in [5, 5.41) is 23.2. The van der Waals surface area contributed by atoms with E-state index in [0.29, 0.717) is 58.4 Å². The molecule has 0 amide bonds. The molecule has 2 aromatic heterocycles. The summed E-state index contributed by atoms with van der Waals surface area (Å²) in [5.74, 6) is 0. The molecule has 0 spiro atoms. The largest absolute Gasteiger partial charge is 0.416 e. The Morgan fingerprint density at radius 2 is 0.500 bits per heavy atom. The van der Waals surface area contributed by atoms with Crippen LogP contribution in [0.2, 0.25) is 0 Å². The average Bonchev–Trinajstić information content (AvgIpc) is 1.49. The third kappa shape index (κ3) is 10.1. The number of hydrogen-bond donors (Lipinski definition) is 0. The summed E-state index contributed by atoms with van der Waals surface area (Å²) in [6, 6.07) is 64.6. The minimum absolute atomic E-state index is 0.137. The van der Waals surface area contributed by atoms with Gasteiger partial charge in [-0.1, -0.05) is 97.1 Å². The first-order chi connectivity index (χ1) is 43.1. The molecule has 13 rings (SSSR count). The molecule has 0 aliphatic rings. The highest BCUT2D eigenvalue weighted by Crippen LogP contribution is 2.52. The van der Waals surface area contributed by atoms with Crippen molar-refractivity contribution in [2.45, 2.75) is 24.7 Å². The molecule has 0 aliphatic heterocycles. The maximum Gasteiger partial charge on any atom is 0.416 e. The van der Waals surface area contributed by atoms with Gasteiger partial charge in [-0.25, -0.2) is 0 Å². The van der Waals surface area contributed by atoms with Gasteiger partial charge >= 0.3 is 24.7 Å². The summed E-state index contributed by atoms with van der Waals surface area (Å²) in [4.78, 5) is 3.83. The van der Waals surface area contributed by atoms with Crippen LogP contribution in [-0.2, 0) is 24.7 Å². The number of nitrogens with zero attached hydrogens (tertiary/aromatic N) is 6. The third-order valence-corrected chi connectivity index (χ3v) is 15.8. The Balaban J connectivity index is 1.21. The first-order valence-electron chi connectivity index (χ1n) is 27.6. The lowest BCUT2D eigenvalue weighted by molar-refractivity contribution is -0.138. The molecule has 6 nitrogen and oxygen atoms in total. The molecule has 18 heteroatoms. The second-order valence-electron chi connectivity index (χ2n) is 21.1. The van der Waals surface area contributed by atoms with Gasteiger partial charge in [0.25, 0.3) is 0 Å². The Hall–Kier alpha value is -11.2. The van der Waals surface area contributed by atoms with E-state index in [0.717, 1.165) is 48.5 Å². The molecule has 0 N–H and O–H groups in total. The highest BCUT2D eigenvalue weighted by Gasteiger charge is 2.38. The quantitative estimate of drug-likeness (QED) is 0.128. The second-order valence-corrected chi connectivity index (χ2v) is 21.1. The molecule has 13 aromatic rings. The van der Waals surface area contributed by atoms with Gasteiger partial charge in [0.1, 0.15) is 12.1 Å². The van der Waals surface area contributed by atoms with Gasteiger partial charge in [-0.15, -0.1) is 0 Å². The van der Waals surface area contributed by atoms with Gasteiger partial charge in [0, 0.05) is 66.8 Å². The molecule has 0 aliphatic carbocycles. The van der Waals surface area contributed by atoms with E-state index >= 15 is 0 Å². The van der Waals surface area contributed by atoms with Crippen LogP contribution in [0.25, 0.3) is 77.2 Å². The molecule has 0 radical (unpaired) electrons. The van der Waals surface area contributed by atoms with Crippen molar-refractivity contribution in [2.75, 3.05) is 9.80 Å². The fraction of sp³-hybridized carbons (Fsp3) is 0.0556. The van der Waals surface area contributed by atoms with Gasteiger partial charge in [-0.3, -0.25) is 0 Å². The van der Waals surface area contributed by atoms with Crippen molar-refractivity contribution in [3.05, 3.63) is 276 Å². The lowest BCUT2D eigenvalue weighted by Crippen LogP contribution is -2.12. The standard InChI is InChI=1S/C72H40F12N6/c73-69(74,75)45-25-33-61-55(37-45)56-38-46(70(76,77)78)26-34-62(56)89(61)67-60(42-86)66(44-23-31-54(32-24-44)88(51-17-9-3-10-18-51)52-19-11-4-12-20-52)68(90-63-35-27-47(71(79,80)81)39-57(63)58-40-48(72(82,83)84)28-36-64(58)90)59(41-85)65(67)43-21-29-53(30-22-43)87(49-13-5-1-6-14-49)50-15-7-2-8-16-50/h1-40H. The molecule has 0 unspecified atom stereocenters. The lowest BCUT2D eigenvalue weighted by Gasteiger charge is -2.27. The summed E-state index contributed by atoms with van der Waals surface area (Å²) in [6.07, 6.45) is -20.0. The summed E-state index contributed by atoms with van der Waals surface area (Å²) in [7, 11) is 0. The summed E-state index contributed by atoms with van der Waals surface area (Å²) in [6.45, 7) is 0. The van der Waals surface area contributed by atoms with E-state index in [9.17, 15) is 63.2 Å². The van der Waals surface area contributed by atoms with Crippen molar-refractivity contribution in [1.29, 1.82) is 10.5 Å². The zero-order valence-electron chi connectivity index (χ0n) is 46.3. The normalized spacial score (nSPS) is 12.2. The van der Waals surface area contributed by atoms with E-state index < -0.39 is 47.0 Å². The maximum atomic E-state index is 14.8. The molecule has 0 bridgehead atoms. The van der Waals surface area contributed by atoms with Crippen molar-refractivity contribution >= 4 is 77.7 Å². The van der Waals surface area contributed by atoms with E-state index in [1.165, 1.54) is 9.13 Å². The van der Waals surface area contributed by atoms with Gasteiger partial charge in [0.15, 0.2) is 0 Å². The number of fused-ring (bicyclic) bond motifs is 6. The lowest BCUT2D eigenvalue weighted by atomic mass is 9.86. The first kappa shape index (κ1) is 57.8. The maximum absolute atomic E-state index is 14.8. The molecule has 0 fully saturated rings. The van der Waals surface area contributed by atoms with Crippen LogP contribution in [0.15, 0.2) is 243 Å². The minimum Gasteiger partial charge on any atom is -0.311 e. The molecule has 0 saturated heterocycles. The topological polar surface area (TPSA) is 63.9 Å². The van der Waals surface area contributed by atoms with Crippen LogP contribution in [-0.4, -0.2) is 9.13 Å². The molecule has 0 saturated carbocycles. The number of benzene rings is 11. The second kappa shape index (κ2) is 21.9. The number of hydrogen-bond acceptors (Lipinski definition) is 4. The fourth-order valence-electron chi connectivity index (χ4n) is 11.9. The van der Waals surface area contributed by atoms with E-state index in [4.69, 9.17) is 0 Å². The number of para-hydroxylation sites is 4. The van der Waals surface area contributed by atoms with Gasteiger partial charge in [-0.05, 0) is 157 Å². The first-order valence-corrected chi connectivity index (χ1v) is 27.6. The Labute approximate surface area is 504 Å². The van der Waals surface area contributed by atoms with Crippen LogP contribution in [0.4, 0.5) is 86.8 Å². The SMILES string of the molecule is N#Cc1c(-c2ccc(N(c3ccccc3)c3ccccc3)cc2)c(-n2c3ccc(C(F)(F)F)cc3c3cc(C(F)(F)F)ccc32)c(C#N)c(-c2ccc(N(c3ccccc3)c3ccccc3)cc2)c1-n1c2ccc(C(F)(F)F)cc2c2cc(C(F)(F)F)ccc21. The van der Waals surface area contributed by atoms with Crippen LogP contribution in [0, 0.1) is 22.7 Å². The van der Waals surface area contributed by atoms with Crippen LogP contribution >= 0.6 is 0 Å². The fourth-order valence-corrected chi connectivity index (χ4v) is 11.9. The van der Waals surface area contributed by atoms with E-state index in [1.807, 2.05) is 131 Å². The van der Waals surface area contributed by atoms with Gasteiger partial charge in [0.2, 0.25) is 0 Å². The van der Waals surface area contributed by atoms with Crippen molar-refractivity contribution in [3.63, 3.8) is 0 Å². The number of nitriles is 2. The number of aromatic nitrogens is 2. The highest BCUT2D eigenvalue weighted by molar-refractivity contribution is 6.14. The van der Waals surface area contributed by atoms with Crippen molar-refractivity contribution in [1.82, 2.24) is 9.13 Å². The Bertz CT molecular complexity index is 4460. The molecule has 11 aromatic carbocycles. The van der Waals surface area contributed by atoms with Crippen molar-refractivity contribution < 1.29 is 52.7 Å². The zero-order chi connectivity index (χ0) is 63.0. The van der Waals surface area contributed by atoms with Gasteiger partial charge in [-0.2, -0.15) is 63.2 Å². The summed E-state index contributed by atoms with van der Waals surface area (Å²) in [5.41, 5.74) is -2.63. The van der Waals surface area contributed by atoms with Crippen molar-refractivity contribution in [2.24, 2.45) is 0 Å². The van der Waals surface area contributed by atoms with Crippen molar-refractivity contribution in [3.8, 4) is 45.8 Å². The molecule has 90 heavy (non-hydrogen) atoms. The van der Waals surface area contributed by atoms with Crippen LogP contribution < -0.4 is 9.80 Å². The number of alkyl halides is 12.